The molecule has 128 valence electrons. The number of aromatic nitrogens is 1. The summed E-state index contributed by atoms with van der Waals surface area (Å²) in [6.45, 7) is 5.70. The smallest absolute Gasteiger partial charge is 0.230 e. The molecule has 1 heterocycles. The van der Waals surface area contributed by atoms with Crippen molar-refractivity contribution in [3.05, 3.63) is 70.7 Å². The Morgan fingerprint density at radius 3 is 2.56 bits per heavy atom. The van der Waals surface area contributed by atoms with Crippen LogP contribution in [0.15, 0.2) is 58.8 Å². The average molecular weight is 369 g/mol. The number of anilines is 2. The molecular formula is C20H20N2OS2. The molecule has 0 fully saturated rings. The van der Waals surface area contributed by atoms with Gasteiger partial charge in [-0.05, 0) is 49.2 Å². The Morgan fingerprint density at radius 1 is 1.12 bits per heavy atom. The van der Waals surface area contributed by atoms with Crippen molar-refractivity contribution in [3.63, 3.8) is 0 Å². The Morgan fingerprint density at radius 2 is 1.88 bits per heavy atom. The molecule has 2 aromatic carbocycles. The van der Waals surface area contributed by atoms with Crippen molar-refractivity contribution < 1.29 is 4.79 Å². The summed E-state index contributed by atoms with van der Waals surface area (Å²) in [6.07, 6.45) is 0. The Labute approximate surface area is 156 Å². The van der Waals surface area contributed by atoms with Crippen LogP contribution in [0.1, 0.15) is 23.7 Å². The Bertz CT molecular complexity index is 874. The first-order chi connectivity index (χ1) is 12.0. The van der Waals surface area contributed by atoms with Gasteiger partial charge in [0.25, 0.3) is 0 Å². The molecular weight excluding hydrogens is 348 g/mol. The third-order valence-corrected chi connectivity index (χ3v) is 5.84. The van der Waals surface area contributed by atoms with E-state index in [-0.39, 0.29) is 5.91 Å². The van der Waals surface area contributed by atoms with Crippen molar-refractivity contribution in [1.29, 1.82) is 0 Å². The van der Waals surface area contributed by atoms with Crippen LogP contribution in [0, 0.1) is 13.8 Å². The van der Waals surface area contributed by atoms with Crippen molar-refractivity contribution in [2.24, 2.45) is 0 Å². The maximum atomic E-state index is 12.2. The highest BCUT2D eigenvalue weighted by Crippen LogP contribution is 2.32. The third kappa shape index (κ3) is 4.30. The van der Waals surface area contributed by atoms with E-state index in [0.717, 1.165) is 22.3 Å². The summed E-state index contributed by atoms with van der Waals surface area (Å²) in [5, 5.41) is 2.75. The molecule has 0 radical (unpaired) electrons. The second kappa shape index (κ2) is 7.85. The van der Waals surface area contributed by atoms with Crippen LogP contribution in [0.5, 0.6) is 0 Å². The van der Waals surface area contributed by atoms with Crippen LogP contribution in [-0.2, 0) is 10.5 Å². The number of carbonyl (C=O) groups is 1. The molecule has 0 aliphatic carbocycles. The lowest BCUT2D eigenvalue weighted by atomic mass is 10.1. The molecule has 0 unspecified atom stereocenters. The third-order valence-electron chi connectivity index (χ3n) is 3.92. The van der Waals surface area contributed by atoms with Gasteiger partial charge in [-0.1, -0.05) is 24.3 Å². The van der Waals surface area contributed by atoms with E-state index in [9.17, 15) is 4.79 Å². The first kappa shape index (κ1) is 17.7. The highest BCUT2D eigenvalue weighted by molar-refractivity contribution is 7.98. The van der Waals surface area contributed by atoms with Crippen molar-refractivity contribution in [2.75, 3.05) is 4.90 Å². The molecule has 1 amide bonds. The summed E-state index contributed by atoms with van der Waals surface area (Å²) in [7, 11) is 0. The lowest BCUT2D eigenvalue weighted by Gasteiger charge is -2.19. The van der Waals surface area contributed by atoms with Gasteiger partial charge in [0.1, 0.15) is 0 Å². The van der Waals surface area contributed by atoms with Gasteiger partial charge in [-0.2, -0.15) is 0 Å². The number of aryl methyl sites for hydroxylation is 2. The zero-order chi connectivity index (χ0) is 17.8. The predicted octanol–water partition coefficient (Wildman–Crippen LogP) is 5.74. The van der Waals surface area contributed by atoms with Gasteiger partial charge < -0.3 is 0 Å². The second-order valence-corrected chi connectivity index (χ2v) is 7.73. The summed E-state index contributed by atoms with van der Waals surface area (Å²) >= 11 is 3.25. The molecule has 3 nitrogen and oxygen atoms in total. The van der Waals surface area contributed by atoms with Gasteiger partial charge >= 0.3 is 0 Å². The van der Waals surface area contributed by atoms with Crippen LogP contribution in [0.25, 0.3) is 0 Å². The maximum Gasteiger partial charge on any atom is 0.230 e. The summed E-state index contributed by atoms with van der Waals surface area (Å²) in [5.41, 5.74) is 4.24. The number of hydrogen-bond donors (Lipinski definition) is 0. The highest BCUT2D eigenvalue weighted by Gasteiger charge is 2.18. The summed E-state index contributed by atoms with van der Waals surface area (Å²) in [5.74, 6) is 0.763. The van der Waals surface area contributed by atoms with E-state index in [1.54, 1.807) is 23.6 Å². The van der Waals surface area contributed by atoms with Crippen molar-refractivity contribution in [1.82, 2.24) is 4.98 Å². The number of benzene rings is 2. The standard InChI is InChI=1S/C20H20N2OS2/c1-14-9-10-18(11-15(14)2)22(16(3)23)20-21-17(13-25-20)12-24-19-7-5-4-6-8-19/h4-11,13H,12H2,1-3H3. The van der Waals surface area contributed by atoms with Gasteiger partial charge in [-0.15, -0.1) is 23.1 Å². The molecule has 0 saturated carbocycles. The zero-order valence-corrected chi connectivity index (χ0v) is 16.2. The van der Waals surface area contributed by atoms with Crippen LogP contribution < -0.4 is 4.90 Å². The Balaban J connectivity index is 1.80. The van der Waals surface area contributed by atoms with E-state index in [4.69, 9.17) is 0 Å². The molecule has 0 saturated heterocycles. The van der Waals surface area contributed by atoms with Crippen LogP contribution in [0.4, 0.5) is 10.8 Å². The lowest BCUT2D eigenvalue weighted by Crippen LogP contribution is -2.22. The number of nitrogens with zero attached hydrogens (tertiary/aromatic N) is 2. The normalized spacial score (nSPS) is 10.7. The Hall–Kier alpha value is -2.11. The van der Waals surface area contributed by atoms with Gasteiger partial charge in [-0.3, -0.25) is 9.69 Å². The van der Waals surface area contributed by atoms with E-state index >= 15 is 0 Å². The van der Waals surface area contributed by atoms with Gasteiger partial charge in [-0.25, -0.2) is 4.98 Å². The van der Waals surface area contributed by atoms with Crippen molar-refractivity contribution in [3.8, 4) is 0 Å². The maximum absolute atomic E-state index is 12.2. The fourth-order valence-corrected chi connectivity index (χ4v) is 4.24. The SMILES string of the molecule is CC(=O)N(c1ccc(C)c(C)c1)c1nc(CSc2ccccc2)cs1. The number of thiazole rings is 1. The number of carbonyl (C=O) groups excluding carboxylic acids is 1. The summed E-state index contributed by atoms with van der Waals surface area (Å²) < 4.78 is 0. The molecule has 3 rings (SSSR count). The fourth-order valence-electron chi connectivity index (χ4n) is 2.43. The van der Waals surface area contributed by atoms with Crippen LogP contribution in [-0.4, -0.2) is 10.9 Å². The zero-order valence-electron chi connectivity index (χ0n) is 14.5. The molecule has 1 aromatic heterocycles. The minimum absolute atomic E-state index is 0.0279. The monoisotopic (exact) mass is 368 g/mol. The molecule has 3 aromatic rings. The molecule has 0 aliphatic heterocycles. The summed E-state index contributed by atoms with van der Waals surface area (Å²) in [6, 6.07) is 16.3. The molecule has 0 N–H and O–H groups in total. The van der Waals surface area contributed by atoms with Crippen LogP contribution >= 0.6 is 23.1 Å². The topological polar surface area (TPSA) is 33.2 Å². The quantitative estimate of drug-likeness (QED) is 0.539. The lowest BCUT2D eigenvalue weighted by molar-refractivity contribution is -0.115. The molecule has 0 bridgehead atoms. The predicted molar refractivity (Wildman–Crippen MR) is 107 cm³/mol. The van der Waals surface area contributed by atoms with Gasteiger partial charge in [0, 0.05) is 23.0 Å². The first-order valence-electron chi connectivity index (χ1n) is 8.05. The number of thioether (sulfide) groups is 1. The van der Waals surface area contributed by atoms with Crippen molar-refractivity contribution in [2.45, 2.75) is 31.4 Å². The average Bonchev–Trinajstić information content (AvgIpc) is 3.05. The van der Waals surface area contributed by atoms with Gasteiger partial charge in [0.2, 0.25) is 5.91 Å². The second-order valence-electron chi connectivity index (χ2n) is 5.85. The van der Waals surface area contributed by atoms with E-state index in [2.05, 4.69) is 31.0 Å². The molecule has 0 aliphatic rings. The van der Waals surface area contributed by atoms with Crippen LogP contribution in [0.3, 0.4) is 0 Å². The minimum Gasteiger partial charge on any atom is -0.274 e. The van der Waals surface area contributed by atoms with Gasteiger partial charge in [0.05, 0.1) is 11.4 Å². The minimum atomic E-state index is -0.0279. The summed E-state index contributed by atoms with van der Waals surface area (Å²) in [4.78, 5) is 19.8. The molecule has 0 atom stereocenters. The largest absolute Gasteiger partial charge is 0.274 e. The highest BCUT2D eigenvalue weighted by atomic mass is 32.2. The molecule has 5 heteroatoms. The first-order valence-corrected chi connectivity index (χ1v) is 9.91. The van der Waals surface area contributed by atoms with Crippen molar-refractivity contribution >= 4 is 39.8 Å². The van der Waals surface area contributed by atoms with E-state index in [1.165, 1.54) is 27.4 Å². The number of rotatable bonds is 5. The molecule has 0 spiro atoms. The number of hydrogen-bond acceptors (Lipinski definition) is 4. The van der Waals surface area contributed by atoms with E-state index < -0.39 is 0 Å². The van der Waals surface area contributed by atoms with E-state index in [1.807, 2.05) is 41.8 Å². The fraction of sp³-hybridized carbons (Fsp3) is 0.200. The Kier molecular flexibility index (Phi) is 5.56. The van der Waals surface area contributed by atoms with E-state index in [0.29, 0.717) is 0 Å². The molecule has 25 heavy (non-hydrogen) atoms. The number of amides is 1. The van der Waals surface area contributed by atoms with Gasteiger partial charge in [0.15, 0.2) is 5.13 Å². The van der Waals surface area contributed by atoms with Crippen LogP contribution in [0.2, 0.25) is 0 Å².